The van der Waals surface area contributed by atoms with Crippen LogP contribution in [-0.2, 0) is 0 Å². The zero-order valence-electron chi connectivity index (χ0n) is 13.7. The van der Waals surface area contributed by atoms with Crippen molar-refractivity contribution in [2.75, 3.05) is 13.6 Å². The fourth-order valence-electron chi connectivity index (χ4n) is 1.96. The minimum absolute atomic E-state index is 0.0379. The van der Waals surface area contributed by atoms with Crippen molar-refractivity contribution in [1.29, 1.82) is 0 Å². The van der Waals surface area contributed by atoms with Crippen LogP contribution in [0.25, 0.3) is 0 Å². The molecule has 0 aliphatic rings. The molecule has 4 nitrogen and oxygen atoms in total. The number of amides is 2. The van der Waals surface area contributed by atoms with Gasteiger partial charge >= 0.3 is 6.03 Å². The Morgan fingerprint density at radius 2 is 1.74 bits per heavy atom. The molecule has 19 heavy (non-hydrogen) atoms. The van der Waals surface area contributed by atoms with Crippen molar-refractivity contribution >= 4 is 6.03 Å². The summed E-state index contributed by atoms with van der Waals surface area (Å²) >= 11 is 0. The summed E-state index contributed by atoms with van der Waals surface area (Å²) in [5.74, 6) is 0.636. The molecule has 0 spiro atoms. The van der Waals surface area contributed by atoms with Crippen LogP contribution in [-0.4, -0.2) is 41.8 Å². The normalized spacial score (nSPS) is 15.2. The minimum atomic E-state index is -0.500. The summed E-state index contributed by atoms with van der Waals surface area (Å²) in [7, 11) is 1.71. The topological polar surface area (TPSA) is 52.6 Å². The Morgan fingerprint density at radius 3 is 2.11 bits per heavy atom. The Bertz CT molecular complexity index is 270. The van der Waals surface area contributed by atoms with Gasteiger partial charge in [0.1, 0.15) is 0 Å². The monoisotopic (exact) mass is 272 g/mol. The van der Waals surface area contributed by atoms with Crippen LogP contribution in [0.5, 0.6) is 0 Å². The first kappa shape index (κ1) is 18.2. The zero-order chi connectivity index (χ0) is 15.2. The third-order valence-corrected chi connectivity index (χ3v) is 3.26. The fourth-order valence-corrected chi connectivity index (χ4v) is 1.96. The molecule has 0 aromatic heterocycles. The zero-order valence-corrected chi connectivity index (χ0v) is 13.7. The first-order valence-corrected chi connectivity index (χ1v) is 7.23. The molecule has 0 saturated heterocycles. The summed E-state index contributed by atoms with van der Waals surface area (Å²) in [6.45, 7) is 12.9. The van der Waals surface area contributed by atoms with Gasteiger partial charge < -0.3 is 15.3 Å². The van der Waals surface area contributed by atoms with Gasteiger partial charge in [-0.15, -0.1) is 0 Å². The average molecular weight is 272 g/mol. The summed E-state index contributed by atoms with van der Waals surface area (Å²) in [5.41, 5.74) is 0.0379. The van der Waals surface area contributed by atoms with Crippen molar-refractivity contribution in [3.8, 4) is 0 Å². The summed E-state index contributed by atoms with van der Waals surface area (Å²) in [4.78, 5) is 13.6. The van der Waals surface area contributed by atoms with E-state index in [4.69, 9.17) is 0 Å². The summed E-state index contributed by atoms with van der Waals surface area (Å²) in [5, 5.41) is 12.4. The molecule has 0 aliphatic carbocycles. The third kappa shape index (κ3) is 8.09. The number of aliphatic hydroxyl groups is 1. The van der Waals surface area contributed by atoms with Crippen LogP contribution in [0.3, 0.4) is 0 Å². The van der Waals surface area contributed by atoms with E-state index in [1.54, 1.807) is 18.9 Å². The number of urea groups is 1. The van der Waals surface area contributed by atoms with Gasteiger partial charge in [0.15, 0.2) is 0 Å². The Balaban J connectivity index is 4.51. The van der Waals surface area contributed by atoms with Crippen molar-refractivity contribution < 1.29 is 9.90 Å². The van der Waals surface area contributed by atoms with Crippen LogP contribution in [0.2, 0.25) is 0 Å². The van der Waals surface area contributed by atoms with Crippen molar-refractivity contribution in [3.05, 3.63) is 0 Å². The molecule has 114 valence electrons. The average Bonchev–Trinajstić information content (AvgIpc) is 2.20. The molecule has 2 atom stereocenters. The van der Waals surface area contributed by atoms with Crippen LogP contribution < -0.4 is 5.32 Å². The standard InChI is InChI=1S/C15H32N2O2/c1-11(2)8-9-13(15(4,5)6)16-14(19)17(7)10-12(3)18/h11-13,18H,8-10H2,1-7H3,(H,16,19). The van der Waals surface area contributed by atoms with E-state index >= 15 is 0 Å². The maximum absolute atomic E-state index is 12.1. The highest BCUT2D eigenvalue weighted by molar-refractivity contribution is 5.74. The number of aliphatic hydroxyl groups excluding tert-OH is 1. The van der Waals surface area contributed by atoms with E-state index in [2.05, 4.69) is 39.9 Å². The number of nitrogens with one attached hydrogen (secondary N) is 1. The molecular formula is C15H32N2O2. The Kier molecular flexibility index (Phi) is 7.42. The molecule has 0 rings (SSSR count). The smallest absolute Gasteiger partial charge is 0.317 e. The van der Waals surface area contributed by atoms with Gasteiger partial charge in [0.2, 0.25) is 0 Å². The first-order chi connectivity index (χ1) is 8.54. The van der Waals surface area contributed by atoms with Crippen LogP contribution in [0.15, 0.2) is 0 Å². The number of carbonyl (C=O) groups is 1. The molecule has 0 saturated carbocycles. The molecule has 0 bridgehead atoms. The van der Waals surface area contributed by atoms with Crippen LogP contribution in [0, 0.1) is 11.3 Å². The van der Waals surface area contributed by atoms with Gasteiger partial charge in [-0.2, -0.15) is 0 Å². The highest BCUT2D eigenvalue weighted by Crippen LogP contribution is 2.24. The number of hydrogen-bond acceptors (Lipinski definition) is 2. The van der Waals surface area contributed by atoms with Crippen molar-refractivity contribution in [2.45, 2.75) is 66.5 Å². The number of likely N-dealkylation sites (N-methyl/N-ethyl adjacent to an activating group) is 1. The molecular weight excluding hydrogens is 240 g/mol. The lowest BCUT2D eigenvalue weighted by atomic mass is 9.83. The molecule has 0 aromatic rings. The first-order valence-electron chi connectivity index (χ1n) is 7.23. The molecule has 0 fully saturated rings. The van der Waals surface area contributed by atoms with E-state index in [9.17, 15) is 9.90 Å². The molecule has 4 heteroatoms. The van der Waals surface area contributed by atoms with Gasteiger partial charge in [0, 0.05) is 19.6 Å². The van der Waals surface area contributed by atoms with Gasteiger partial charge in [0.25, 0.3) is 0 Å². The molecule has 2 unspecified atom stereocenters. The second-order valence-corrected chi connectivity index (χ2v) is 7.07. The Hall–Kier alpha value is -0.770. The highest BCUT2D eigenvalue weighted by Gasteiger charge is 2.27. The second-order valence-electron chi connectivity index (χ2n) is 7.07. The lowest BCUT2D eigenvalue weighted by molar-refractivity contribution is 0.136. The van der Waals surface area contributed by atoms with E-state index in [0.717, 1.165) is 12.8 Å². The Morgan fingerprint density at radius 1 is 1.21 bits per heavy atom. The van der Waals surface area contributed by atoms with Gasteiger partial charge in [0.05, 0.1) is 6.10 Å². The van der Waals surface area contributed by atoms with Crippen molar-refractivity contribution in [1.82, 2.24) is 10.2 Å². The predicted octanol–water partition coefficient (Wildman–Crippen LogP) is 2.86. The predicted molar refractivity (Wildman–Crippen MR) is 80.2 cm³/mol. The van der Waals surface area contributed by atoms with E-state index in [-0.39, 0.29) is 17.5 Å². The van der Waals surface area contributed by atoms with Gasteiger partial charge in [-0.1, -0.05) is 34.6 Å². The number of nitrogens with zero attached hydrogens (tertiary/aromatic N) is 1. The maximum atomic E-state index is 12.1. The minimum Gasteiger partial charge on any atom is -0.392 e. The second kappa shape index (κ2) is 7.73. The fraction of sp³-hybridized carbons (Fsp3) is 0.933. The molecule has 0 radical (unpaired) electrons. The summed E-state index contributed by atoms with van der Waals surface area (Å²) in [6.07, 6.45) is 1.58. The lowest BCUT2D eigenvalue weighted by Gasteiger charge is -2.33. The van der Waals surface area contributed by atoms with Crippen molar-refractivity contribution in [2.24, 2.45) is 11.3 Å². The molecule has 2 amide bonds. The Labute approximate surface area is 118 Å². The summed E-state index contributed by atoms with van der Waals surface area (Å²) in [6, 6.07) is 0.0448. The summed E-state index contributed by atoms with van der Waals surface area (Å²) < 4.78 is 0. The molecule has 0 heterocycles. The van der Waals surface area contributed by atoms with Gasteiger partial charge in [-0.05, 0) is 31.1 Å². The number of hydrogen-bond donors (Lipinski definition) is 2. The third-order valence-electron chi connectivity index (χ3n) is 3.26. The van der Waals surface area contributed by atoms with Crippen molar-refractivity contribution in [3.63, 3.8) is 0 Å². The molecule has 2 N–H and O–H groups in total. The van der Waals surface area contributed by atoms with Crippen LogP contribution >= 0.6 is 0 Å². The largest absolute Gasteiger partial charge is 0.392 e. The maximum Gasteiger partial charge on any atom is 0.317 e. The van der Waals surface area contributed by atoms with E-state index in [1.165, 1.54) is 0 Å². The lowest BCUT2D eigenvalue weighted by Crippen LogP contribution is -2.49. The SMILES string of the molecule is CC(C)CCC(NC(=O)N(C)CC(C)O)C(C)(C)C. The van der Waals surface area contributed by atoms with Gasteiger partial charge in [-0.25, -0.2) is 4.79 Å². The highest BCUT2D eigenvalue weighted by atomic mass is 16.3. The number of carbonyl (C=O) groups excluding carboxylic acids is 1. The number of rotatable bonds is 6. The van der Waals surface area contributed by atoms with E-state index in [0.29, 0.717) is 12.5 Å². The quantitative estimate of drug-likeness (QED) is 0.781. The van der Waals surface area contributed by atoms with Gasteiger partial charge in [-0.3, -0.25) is 0 Å². The van der Waals surface area contributed by atoms with E-state index in [1.807, 2.05) is 0 Å². The van der Waals surface area contributed by atoms with Crippen LogP contribution in [0.4, 0.5) is 4.79 Å². The van der Waals surface area contributed by atoms with E-state index < -0.39 is 6.10 Å². The molecule has 0 aromatic carbocycles. The van der Waals surface area contributed by atoms with Crippen LogP contribution in [0.1, 0.15) is 54.4 Å². The molecule has 0 aliphatic heterocycles.